The van der Waals surface area contributed by atoms with Crippen molar-refractivity contribution >= 4 is 5.78 Å². The second-order valence-corrected chi connectivity index (χ2v) is 5.43. The molecule has 3 rings (SSSR count). The predicted octanol–water partition coefficient (Wildman–Crippen LogP) is 2.86. The summed E-state index contributed by atoms with van der Waals surface area (Å²) in [5.74, 6) is 0.885. The van der Waals surface area contributed by atoms with E-state index in [2.05, 4.69) is 0 Å². The molecular formula is C18H18O5. The zero-order valence-corrected chi connectivity index (χ0v) is 12.8. The number of ether oxygens (including phenoxy) is 2. The largest absolute Gasteiger partial charge is 0.508 e. The Balaban J connectivity index is 1.84. The zero-order chi connectivity index (χ0) is 16.4. The van der Waals surface area contributed by atoms with E-state index in [0.29, 0.717) is 36.7 Å². The molecule has 0 fully saturated rings. The molecule has 0 saturated heterocycles. The lowest BCUT2D eigenvalue weighted by Gasteiger charge is -2.18. The van der Waals surface area contributed by atoms with Crippen molar-refractivity contribution in [3.63, 3.8) is 0 Å². The number of carbonyl (C=O) groups excluding carboxylic acids is 1. The standard InChI is InChI=1S/C18H18O5/c1-2-12-9-13(16(21)10-14(12)19)15(20)7-11-3-4-17-18(8-11)23-6-5-22-17/h3-4,8-10,19,21H,2,5-7H2,1H3. The summed E-state index contributed by atoms with van der Waals surface area (Å²) in [4.78, 5) is 12.5. The number of hydrogen-bond acceptors (Lipinski definition) is 5. The van der Waals surface area contributed by atoms with Crippen molar-refractivity contribution in [2.75, 3.05) is 13.2 Å². The first kappa shape index (κ1) is 15.2. The molecule has 0 bridgehead atoms. The molecule has 23 heavy (non-hydrogen) atoms. The SMILES string of the molecule is CCc1cc(C(=O)Cc2ccc3c(c2)OCCO3)c(O)cc1O. The number of fused-ring (bicyclic) bond motifs is 1. The van der Waals surface area contributed by atoms with Crippen molar-refractivity contribution in [3.05, 3.63) is 47.0 Å². The maximum absolute atomic E-state index is 12.5. The fourth-order valence-electron chi connectivity index (χ4n) is 2.61. The van der Waals surface area contributed by atoms with Crippen LogP contribution in [0.15, 0.2) is 30.3 Å². The van der Waals surface area contributed by atoms with E-state index in [9.17, 15) is 15.0 Å². The third-order valence-electron chi connectivity index (χ3n) is 3.85. The first-order valence-corrected chi connectivity index (χ1v) is 7.55. The number of phenols is 2. The van der Waals surface area contributed by atoms with Crippen LogP contribution in [0, 0.1) is 0 Å². The molecule has 1 heterocycles. The molecule has 0 aromatic heterocycles. The van der Waals surface area contributed by atoms with E-state index >= 15 is 0 Å². The quantitative estimate of drug-likeness (QED) is 0.849. The van der Waals surface area contributed by atoms with Crippen LogP contribution in [0.2, 0.25) is 0 Å². The lowest BCUT2D eigenvalue weighted by Crippen LogP contribution is -2.15. The van der Waals surface area contributed by atoms with Crippen molar-refractivity contribution in [3.8, 4) is 23.0 Å². The Hall–Kier alpha value is -2.69. The summed E-state index contributed by atoms with van der Waals surface area (Å²) in [7, 11) is 0. The van der Waals surface area contributed by atoms with Gasteiger partial charge in [0.05, 0.1) is 5.56 Å². The van der Waals surface area contributed by atoms with Gasteiger partial charge in [0.2, 0.25) is 0 Å². The molecule has 0 aliphatic carbocycles. The Morgan fingerprint density at radius 1 is 1.04 bits per heavy atom. The average Bonchev–Trinajstić information content (AvgIpc) is 2.54. The molecule has 2 aromatic rings. The molecule has 0 saturated carbocycles. The smallest absolute Gasteiger partial charge is 0.170 e. The number of phenolic OH excluding ortho intramolecular Hbond substituents is 2. The van der Waals surface area contributed by atoms with Crippen LogP contribution in [0.4, 0.5) is 0 Å². The van der Waals surface area contributed by atoms with Gasteiger partial charge in [0.25, 0.3) is 0 Å². The minimum Gasteiger partial charge on any atom is -0.508 e. The predicted molar refractivity (Wildman–Crippen MR) is 84.6 cm³/mol. The molecule has 2 N–H and O–H groups in total. The highest BCUT2D eigenvalue weighted by Gasteiger charge is 2.17. The first-order valence-electron chi connectivity index (χ1n) is 7.55. The highest BCUT2D eigenvalue weighted by atomic mass is 16.6. The minimum absolute atomic E-state index is 0.000814. The van der Waals surface area contributed by atoms with Crippen molar-refractivity contribution in [2.45, 2.75) is 19.8 Å². The van der Waals surface area contributed by atoms with Gasteiger partial charge in [-0.2, -0.15) is 0 Å². The Morgan fingerprint density at radius 2 is 1.78 bits per heavy atom. The molecule has 1 aliphatic rings. The number of aromatic hydroxyl groups is 2. The normalized spacial score (nSPS) is 12.9. The molecule has 0 atom stereocenters. The van der Waals surface area contributed by atoms with Crippen LogP contribution in [0.25, 0.3) is 0 Å². The summed E-state index contributed by atoms with van der Waals surface area (Å²) in [6.45, 7) is 2.89. The van der Waals surface area contributed by atoms with Crippen molar-refractivity contribution in [2.24, 2.45) is 0 Å². The van der Waals surface area contributed by atoms with E-state index in [4.69, 9.17) is 9.47 Å². The number of rotatable bonds is 4. The van der Waals surface area contributed by atoms with Gasteiger partial charge >= 0.3 is 0 Å². The van der Waals surface area contributed by atoms with E-state index < -0.39 is 0 Å². The van der Waals surface area contributed by atoms with Gasteiger partial charge in [0.15, 0.2) is 17.3 Å². The maximum Gasteiger partial charge on any atom is 0.170 e. The number of hydrogen-bond donors (Lipinski definition) is 2. The van der Waals surface area contributed by atoms with Crippen molar-refractivity contribution in [1.29, 1.82) is 0 Å². The highest BCUT2D eigenvalue weighted by molar-refractivity contribution is 6.00. The van der Waals surface area contributed by atoms with E-state index in [-0.39, 0.29) is 29.3 Å². The topological polar surface area (TPSA) is 76.0 Å². The molecular weight excluding hydrogens is 296 g/mol. The third-order valence-corrected chi connectivity index (χ3v) is 3.85. The van der Waals surface area contributed by atoms with Crippen LogP contribution in [0.3, 0.4) is 0 Å². The number of benzene rings is 2. The van der Waals surface area contributed by atoms with E-state index in [1.54, 1.807) is 18.2 Å². The Bertz CT molecular complexity index is 751. The number of Topliss-reactive ketones (excluding diaryl/α,β-unsaturated/α-hetero) is 1. The Labute approximate surface area is 134 Å². The van der Waals surface area contributed by atoms with E-state index in [1.165, 1.54) is 6.07 Å². The molecule has 0 amide bonds. The van der Waals surface area contributed by atoms with Gasteiger partial charge in [0, 0.05) is 12.5 Å². The molecule has 5 nitrogen and oxygen atoms in total. The Kier molecular flexibility index (Phi) is 4.10. The van der Waals surface area contributed by atoms with Gasteiger partial charge in [-0.05, 0) is 35.7 Å². The fourth-order valence-corrected chi connectivity index (χ4v) is 2.61. The molecule has 1 aliphatic heterocycles. The van der Waals surface area contributed by atoms with E-state index in [0.717, 1.165) is 5.56 Å². The maximum atomic E-state index is 12.5. The van der Waals surface area contributed by atoms with Gasteiger partial charge in [0.1, 0.15) is 24.7 Å². The molecule has 120 valence electrons. The number of ketones is 1. The van der Waals surface area contributed by atoms with Crippen molar-refractivity contribution < 1.29 is 24.5 Å². The van der Waals surface area contributed by atoms with Gasteiger partial charge in [-0.25, -0.2) is 0 Å². The molecule has 0 spiro atoms. The summed E-state index contributed by atoms with van der Waals surface area (Å²) >= 11 is 0. The van der Waals surface area contributed by atoms with Crippen LogP contribution in [0.5, 0.6) is 23.0 Å². The summed E-state index contributed by atoms with van der Waals surface area (Å²) in [5.41, 5.74) is 1.63. The number of aryl methyl sites for hydroxylation is 1. The lowest BCUT2D eigenvalue weighted by atomic mass is 9.98. The average molecular weight is 314 g/mol. The van der Waals surface area contributed by atoms with Crippen LogP contribution in [-0.2, 0) is 12.8 Å². The van der Waals surface area contributed by atoms with Gasteiger partial charge in [-0.15, -0.1) is 0 Å². The summed E-state index contributed by atoms with van der Waals surface area (Å²) < 4.78 is 11.0. The van der Waals surface area contributed by atoms with Crippen LogP contribution >= 0.6 is 0 Å². The Morgan fingerprint density at radius 3 is 2.52 bits per heavy atom. The number of carbonyl (C=O) groups is 1. The van der Waals surface area contributed by atoms with Gasteiger partial charge < -0.3 is 19.7 Å². The minimum atomic E-state index is -0.214. The first-order chi connectivity index (χ1) is 11.1. The highest BCUT2D eigenvalue weighted by Crippen LogP contribution is 2.32. The molecule has 0 radical (unpaired) electrons. The summed E-state index contributed by atoms with van der Waals surface area (Å²) in [6.07, 6.45) is 0.717. The lowest BCUT2D eigenvalue weighted by molar-refractivity contribution is 0.0990. The van der Waals surface area contributed by atoms with Crippen LogP contribution in [-0.4, -0.2) is 29.2 Å². The zero-order valence-electron chi connectivity index (χ0n) is 12.8. The fraction of sp³-hybridized carbons (Fsp3) is 0.278. The van der Waals surface area contributed by atoms with Gasteiger partial charge in [-0.3, -0.25) is 4.79 Å². The van der Waals surface area contributed by atoms with Gasteiger partial charge in [-0.1, -0.05) is 13.0 Å². The third kappa shape index (κ3) is 3.08. The molecule has 5 heteroatoms. The summed E-state index contributed by atoms with van der Waals surface area (Å²) in [6, 6.07) is 8.14. The monoisotopic (exact) mass is 314 g/mol. The molecule has 0 unspecified atom stereocenters. The van der Waals surface area contributed by atoms with Crippen molar-refractivity contribution in [1.82, 2.24) is 0 Å². The molecule has 2 aromatic carbocycles. The van der Waals surface area contributed by atoms with E-state index in [1.807, 2.05) is 13.0 Å². The van der Waals surface area contributed by atoms with Crippen LogP contribution in [0.1, 0.15) is 28.4 Å². The second-order valence-electron chi connectivity index (χ2n) is 5.43. The summed E-state index contributed by atoms with van der Waals surface area (Å²) in [5, 5.41) is 19.6. The second kappa shape index (κ2) is 6.20. The van der Waals surface area contributed by atoms with Crippen LogP contribution < -0.4 is 9.47 Å².